The molecular weight excluding hydrogens is 266 g/mol. The Labute approximate surface area is 107 Å². The molecule has 0 aliphatic carbocycles. The van der Waals surface area contributed by atoms with Crippen LogP contribution in [0.2, 0.25) is 5.02 Å². The van der Waals surface area contributed by atoms with Gasteiger partial charge in [-0.25, -0.2) is 0 Å². The molecule has 0 radical (unpaired) electrons. The molecule has 7 heteroatoms. The van der Waals surface area contributed by atoms with Crippen molar-refractivity contribution in [3.05, 3.63) is 17.2 Å². The first-order chi connectivity index (χ1) is 7.59. The minimum absolute atomic E-state index is 0.217. The summed E-state index contributed by atoms with van der Waals surface area (Å²) in [5.41, 5.74) is 1.83. The molecule has 1 amide bonds. The number of carbonyl (C=O) groups is 1. The van der Waals surface area contributed by atoms with Crippen LogP contribution in [0.25, 0.3) is 11.0 Å². The smallest absolute Gasteiger partial charge is 0.237 e. The Hall–Kier alpha value is -0.850. The Kier molecular flexibility index (Phi) is 3.32. The Morgan fingerprint density at radius 3 is 3.00 bits per heavy atom. The molecule has 2 aromatic rings. The summed E-state index contributed by atoms with van der Waals surface area (Å²) >= 11 is 11.1. The molecule has 1 atom stereocenters. The molecule has 84 valence electrons. The van der Waals surface area contributed by atoms with Gasteiger partial charge in [-0.3, -0.25) is 4.79 Å². The average molecular weight is 274 g/mol. The fourth-order valence-electron chi connectivity index (χ4n) is 1.17. The first-order valence-electron chi connectivity index (χ1n) is 4.49. The number of amides is 1. The quantitative estimate of drug-likeness (QED) is 0.827. The van der Waals surface area contributed by atoms with Crippen molar-refractivity contribution >= 4 is 58.6 Å². The number of carbonyl (C=O) groups excluding carboxylic acids is 1. The fraction of sp³-hybridized carbons (Fsp3) is 0.222. The second-order valence-corrected chi connectivity index (χ2v) is 4.93. The van der Waals surface area contributed by atoms with E-state index in [2.05, 4.69) is 26.7 Å². The number of nitrogens with zero attached hydrogens (tertiary/aromatic N) is 2. The largest absolute Gasteiger partial charge is 0.322 e. The zero-order chi connectivity index (χ0) is 11.7. The molecule has 0 saturated carbocycles. The fourth-order valence-corrected chi connectivity index (χ4v) is 1.98. The summed E-state index contributed by atoms with van der Waals surface area (Å²) in [7, 11) is 0. The summed E-state index contributed by atoms with van der Waals surface area (Å²) in [5.74, 6) is -0.217. The summed E-state index contributed by atoms with van der Waals surface area (Å²) in [6.07, 6.45) is 0. The molecule has 2 rings (SSSR count). The van der Waals surface area contributed by atoms with Crippen LogP contribution >= 0.6 is 36.0 Å². The normalized spacial score (nSPS) is 12.7. The molecule has 0 fully saturated rings. The van der Waals surface area contributed by atoms with Crippen molar-refractivity contribution in [3.8, 4) is 0 Å². The van der Waals surface area contributed by atoms with Crippen LogP contribution in [0.15, 0.2) is 12.1 Å². The van der Waals surface area contributed by atoms with Gasteiger partial charge >= 0.3 is 0 Å². The third-order valence-electron chi connectivity index (χ3n) is 2.00. The molecule has 0 aliphatic rings. The highest BCUT2D eigenvalue weighted by molar-refractivity contribution is 7.81. The Bertz CT molecular complexity index is 541. The van der Waals surface area contributed by atoms with Gasteiger partial charge in [0.25, 0.3) is 0 Å². The molecule has 0 aliphatic heterocycles. The van der Waals surface area contributed by atoms with Crippen LogP contribution in [0.1, 0.15) is 6.92 Å². The lowest BCUT2D eigenvalue weighted by atomic mass is 10.2. The minimum Gasteiger partial charge on any atom is -0.322 e. The van der Waals surface area contributed by atoms with Gasteiger partial charge in [-0.05, 0) is 19.1 Å². The van der Waals surface area contributed by atoms with Crippen LogP contribution in [0, 0.1) is 0 Å². The van der Waals surface area contributed by atoms with Gasteiger partial charge in [-0.15, -0.1) is 0 Å². The van der Waals surface area contributed by atoms with E-state index in [1.54, 1.807) is 19.1 Å². The maximum atomic E-state index is 11.5. The molecule has 16 heavy (non-hydrogen) atoms. The second-order valence-electron chi connectivity index (χ2n) is 3.22. The molecule has 1 heterocycles. The lowest BCUT2D eigenvalue weighted by Crippen LogP contribution is -2.20. The average Bonchev–Trinajstić information content (AvgIpc) is 2.70. The topological polar surface area (TPSA) is 54.9 Å². The van der Waals surface area contributed by atoms with Gasteiger partial charge in [0.15, 0.2) is 0 Å². The number of halogens is 1. The van der Waals surface area contributed by atoms with Gasteiger partial charge in [-0.1, -0.05) is 11.6 Å². The third kappa shape index (κ3) is 2.14. The molecule has 0 bridgehead atoms. The van der Waals surface area contributed by atoms with E-state index in [9.17, 15) is 4.79 Å². The molecule has 1 aromatic carbocycles. The first kappa shape index (κ1) is 11.6. The van der Waals surface area contributed by atoms with E-state index < -0.39 is 5.25 Å². The summed E-state index contributed by atoms with van der Waals surface area (Å²) in [5, 5.41) is 2.74. The zero-order valence-corrected chi connectivity index (χ0v) is 10.7. The van der Waals surface area contributed by atoms with Gasteiger partial charge in [0.1, 0.15) is 11.0 Å². The van der Waals surface area contributed by atoms with Crippen LogP contribution in [0.4, 0.5) is 5.69 Å². The third-order valence-corrected chi connectivity index (χ3v) is 3.10. The van der Waals surface area contributed by atoms with Crippen molar-refractivity contribution in [1.29, 1.82) is 0 Å². The van der Waals surface area contributed by atoms with E-state index in [4.69, 9.17) is 11.6 Å². The van der Waals surface area contributed by atoms with Crippen LogP contribution in [0.3, 0.4) is 0 Å². The number of benzene rings is 1. The molecule has 4 nitrogen and oxygen atoms in total. The number of thiol groups is 1. The second kappa shape index (κ2) is 4.57. The van der Waals surface area contributed by atoms with Crippen LogP contribution in [0.5, 0.6) is 0 Å². The first-order valence-corrected chi connectivity index (χ1v) is 6.12. The van der Waals surface area contributed by atoms with Gasteiger partial charge in [0, 0.05) is 0 Å². The molecule has 0 spiro atoms. The highest BCUT2D eigenvalue weighted by Crippen LogP contribution is 2.30. The zero-order valence-electron chi connectivity index (χ0n) is 8.27. The van der Waals surface area contributed by atoms with E-state index in [1.807, 2.05) is 0 Å². The molecular formula is C9H8ClN3OS2. The lowest BCUT2D eigenvalue weighted by molar-refractivity contribution is -0.115. The Balaban J connectivity index is 2.46. The van der Waals surface area contributed by atoms with Crippen molar-refractivity contribution < 1.29 is 4.79 Å². The predicted molar refractivity (Wildman–Crippen MR) is 69.5 cm³/mol. The highest BCUT2D eigenvalue weighted by atomic mass is 35.5. The number of hydrogen-bond acceptors (Lipinski definition) is 5. The SMILES string of the molecule is CC(S)C(=O)Nc1c(Cl)ccc2nsnc12. The number of rotatable bonds is 2. The van der Waals surface area contributed by atoms with Crippen LogP contribution < -0.4 is 5.32 Å². The molecule has 1 N–H and O–H groups in total. The number of fused-ring (bicyclic) bond motifs is 1. The van der Waals surface area contributed by atoms with Gasteiger partial charge < -0.3 is 5.32 Å². The van der Waals surface area contributed by atoms with Gasteiger partial charge in [0.05, 0.1) is 27.7 Å². The van der Waals surface area contributed by atoms with E-state index >= 15 is 0 Å². The van der Waals surface area contributed by atoms with Gasteiger partial charge in [0.2, 0.25) is 5.91 Å². The van der Waals surface area contributed by atoms with E-state index in [0.29, 0.717) is 16.2 Å². The highest BCUT2D eigenvalue weighted by Gasteiger charge is 2.14. The summed E-state index contributed by atoms with van der Waals surface area (Å²) in [6.45, 7) is 1.69. The number of anilines is 1. The monoisotopic (exact) mass is 273 g/mol. The van der Waals surface area contributed by atoms with Crippen molar-refractivity contribution in [2.75, 3.05) is 5.32 Å². The van der Waals surface area contributed by atoms with Crippen molar-refractivity contribution in [1.82, 2.24) is 8.75 Å². The number of hydrogen-bond donors (Lipinski definition) is 2. The van der Waals surface area contributed by atoms with Crippen LogP contribution in [-0.4, -0.2) is 19.9 Å². The molecule has 1 unspecified atom stereocenters. The predicted octanol–water partition coefficient (Wildman–Crippen LogP) is 2.60. The number of aromatic nitrogens is 2. The summed E-state index contributed by atoms with van der Waals surface area (Å²) < 4.78 is 8.17. The molecule has 1 aromatic heterocycles. The maximum Gasteiger partial charge on any atom is 0.237 e. The summed E-state index contributed by atoms with van der Waals surface area (Å²) in [6, 6.07) is 3.45. The maximum absolute atomic E-state index is 11.5. The lowest BCUT2D eigenvalue weighted by Gasteiger charge is -2.08. The van der Waals surface area contributed by atoms with Crippen molar-refractivity contribution in [2.24, 2.45) is 0 Å². The number of nitrogens with one attached hydrogen (secondary N) is 1. The Morgan fingerprint density at radius 2 is 2.31 bits per heavy atom. The van der Waals surface area contributed by atoms with Crippen molar-refractivity contribution in [2.45, 2.75) is 12.2 Å². The van der Waals surface area contributed by atoms with E-state index in [1.165, 1.54) is 0 Å². The van der Waals surface area contributed by atoms with Crippen LogP contribution in [-0.2, 0) is 4.79 Å². The standard InChI is InChI=1S/C9H8ClN3OS2/c1-4(15)9(14)11-7-5(10)2-3-6-8(7)13-16-12-6/h2-4,15H,1H3,(H,11,14). The van der Waals surface area contributed by atoms with E-state index in [0.717, 1.165) is 17.2 Å². The Morgan fingerprint density at radius 1 is 1.56 bits per heavy atom. The summed E-state index contributed by atoms with van der Waals surface area (Å²) in [4.78, 5) is 11.5. The van der Waals surface area contributed by atoms with Crippen molar-refractivity contribution in [3.63, 3.8) is 0 Å². The minimum atomic E-state index is -0.405. The molecule has 0 saturated heterocycles. The van der Waals surface area contributed by atoms with E-state index in [-0.39, 0.29) is 5.91 Å². The van der Waals surface area contributed by atoms with Gasteiger partial charge in [-0.2, -0.15) is 21.4 Å².